The number of aryl methyl sites for hydroxylation is 2. The van der Waals surface area contributed by atoms with E-state index in [1.54, 1.807) is 0 Å². The average molecular weight is 321 g/mol. The van der Waals surface area contributed by atoms with Crippen LogP contribution in [0.25, 0.3) is 0 Å². The third kappa shape index (κ3) is 4.63. The zero-order valence-corrected chi connectivity index (χ0v) is 14.7. The van der Waals surface area contributed by atoms with Gasteiger partial charge in [-0.2, -0.15) is 0 Å². The number of rotatable bonds is 3. The quantitative estimate of drug-likeness (QED) is 0.861. The lowest BCUT2D eigenvalue weighted by molar-refractivity contribution is 0.141. The van der Waals surface area contributed by atoms with Crippen molar-refractivity contribution in [2.45, 2.75) is 34.3 Å². The Morgan fingerprint density at radius 1 is 1.04 bits per heavy atom. The van der Waals surface area contributed by atoms with Crippen molar-refractivity contribution in [2.24, 2.45) is 0 Å². The van der Waals surface area contributed by atoms with Crippen LogP contribution >= 0.6 is 0 Å². The standard InChI is InChI=1S/C21H23NO2/c1-15-13-16(2)18(4)20(17(15)3)11-8-12-22-21(23)24-14-19-9-6-5-7-10-19/h5-7,9-10,13H,12,14H2,1-4H3,(H,22,23). The minimum absolute atomic E-state index is 0.259. The average Bonchev–Trinajstić information content (AvgIpc) is 2.58. The van der Waals surface area contributed by atoms with Crippen LogP contribution in [0.4, 0.5) is 4.79 Å². The molecule has 0 aliphatic carbocycles. The molecule has 0 atom stereocenters. The van der Waals surface area contributed by atoms with Crippen molar-refractivity contribution in [3.8, 4) is 11.8 Å². The Balaban J connectivity index is 1.89. The molecule has 0 aromatic heterocycles. The van der Waals surface area contributed by atoms with Crippen LogP contribution < -0.4 is 5.32 Å². The molecule has 2 aromatic rings. The van der Waals surface area contributed by atoms with Crippen molar-refractivity contribution in [1.82, 2.24) is 5.32 Å². The number of alkyl carbamates (subject to hydrolysis) is 1. The molecule has 0 unspecified atom stereocenters. The zero-order chi connectivity index (χ0) is 17.5. The van der Waals surface area contributed by atoms with E-state index in [2.05, 4.69) is 50.9 Å². The lowest BCUT2D eigenvalue weighted by Crippen LogP contribution is -2.24. The summed E-state index contributed by atoms with van der Waals surface area (Å²) in [6.07, 6.45) is -0.456. The Bertz CT molecular complexity index is 757. The van der Waals surface area contributed by atoms with E-state index in [1.807, 2.05) is 30.3 Å². The van der Waals surface area contributed by atoms with E-state index < -0.39 is 6.09 Å². The van der Waals surface area contributed by atoms with Crippen molar-refractivity contribution >= 4 is 6.09 Å². The summed E-state index contributed by atoms with van der Waals surface area (Å²) in [5.74, 6) is 6.18. The molecule has 1 N–H and O–H groups in total. The number of carbonyl (C=O) groups excluding carboxylic acids is 1. The number of carbonyl (C=O) groups is 1. The van der Waals surface area contributed by atoms with Gasteiger partial charge in [-0.05, 0) is 55.5 Å². The van der Waals surface area contributed by atoms with Crippen molar-refractivity contribution in [3.63, 3.8) is 0 Å². The Morgan fingerprint density at radius 2 is 1.67 bits per heavy atom. The fourth-order valence-electron chi connectivity index (χ4n) is 2.43. The highest BCUT2D eigenvalue weighted by molar-refractivity contribution is 5.67. The summed E-state index contributed by atoms with van der Waals surface area (Å²) in [5.41, 5.74) is 6.86. The molecule has 0 radical (unpaired) electrons. The van der Waals surface area contributed by atoms with Crippen LogP contribution in [0.5, 0.6) is 0 Å². The number of nitrogens with one attached hydrogen (secondary N) is 1. The Labute approximate surface area is 144 Å². The van der Waals surface area contributed by atoms with Crippen molar-refractivity contribution < 1.29 is 9.53 Å². The monoisotopic (exact) mass is 321 g/mol. The summed E-state index contributed by atoms with van der Waals surface area (Å²) in [6.45, 7) is 8.86. The normalized spacial score (nSPS) is 9.83. The maximum absolute atomic E-state index is 11.7. The van der Waals surface area contributed by atoms with Gasteiger partial charge in [0.2, 0.25) is 0 Å². The second-order valence-corrected chi connectivity index (χ2v) is 5.85. The SMILES string of the molecule is Cc1cc(C)c(C)c(C#CCNC(=O)OCc2ccccc2)c1C. The molecule has 2 rings (SSSR count). The topological polar surface area (TPSA) is 38.3 Å². The van der Waals surface area contributed by atoms with Crippen LogP contribution in [0.2, 0.25) is 0 Å². The summed E-state index contributed by atoms with van der Waals surface area (Å²) in [5, 5.41) is 2.66. The van der Waals surface area contributed by atoms with Crippen LogP contribution in [0.3, 0.4) is 0 Å². The van der Waals surface area contributed by atoms with Gasteiger partial charge in [-0.1, -0.05) is 48.2 Å². The molecule has 1 amide bonds. The van der Waals surface area contributed by atoms with Gasteiger partial charge in [0.1, 0.15) is 6.61 Å². The van der Waals surface area contributed by atoms with Gasteiger partial charge in [-0.15, -0.1) is 0 Å². The Morgan fingerprint density at radius 3 is 2.29 bits per heavy atom. The van der Waals surface area contributed by atoms with E-state index in [9.17, 15) is 4.79 Å². The van der Waals surface area contributed by atoms with Gasteiger partial charge < -0.3 is 10.1 Å². The van der Waals surface area contributed by atoms with Crippen LogP contribution in [0.15, 0.2) is 36.4 Å². The molecular formula is C21H23NO2. The molecule has 2 aromatic carbocycles. The first-order valence-electron chi connectivity index (χ1n) is 8.00. The number of amides is 1. The van der Waals surface area contributed by atoms with Crippen molar-refractivity contribution in [2.75, 3.05) is 6.54 Å². The molecule has 0 aliphatic heterocycles. The van der Waals surface area contributed by atoms with Gasteiger partial charge >= 0.3 is 6.09 Å². The van der Waals surface area contributed by atoms with Crippen molar-refractivity contribution in [3.05, 3.63) is 69.8 Å². The summed E-state index contributed by atoms with van der Waals surface area (Å²) in [4.78, 5) is 11.7. The minimum atomic E-state index is -0.456. The highest BCUT2D eigenvalue weighted by Crippen LogP contribution is 2.20. The first-order chi connectivity index (χ1) is 11.5. The molecular weight excluding hydrogens is 298 g/mol. The molecule has 0 aliphatic rings. The van der Waals surface area contributed by atoms with E-state index in [4.69, 9.17) is 4.74 Å². The molecule has 124 valence electrons. The smallest absolute Gasteiger partial charge is 0.408 e. The highest BCUT2D eigenvalue weighted by Gasteiger charge is 2.06. The van der Waals surface area contributed by atoms with Gasteiger partial charge in [0, 0.05) is 5.56 Å². The summed E-state index contributed by atoms with van der Waals surface area (Å²) < 4.78 is 5.15. The second kappa shape index (κ2) is 8.21. The van der Waals surface area contributed by atoms with Gasteiger partial charge in [0.25, 0.3) is 0 Å². The number of hydrogen-bond donors (Lipinski definition) is 1. The Kier molecular flexibility index (Phi) is 6.03. The third-order valence-electron chi connectivity index (χ3n) is 4.11. The van der Waals surface area contributed by atoms with Gasteiger partial charge in [0.05, 0.1) is 6.54 Å². The van der Waals surface area contributed by atoms with Crippen molar-refractivity contribution in [1.29, 1.82) is 0 Å². The molecule has 0 spiro atoms. The highest BCUT2D eigenvalue weighted by atomic mass is 16.5. The van der Waals surface area contributed by atoms with Crippen LogP contribution in [0, 0.1) is 39.5 Å². The zero-order valence-electron chi connectivity index (χ0n) is 14.7. The molecule has 0 bridgehead atoms. The fraction of sp³-hybridized carbons (Fsp3) is 0.286. The van der Waals surface area contributed by atoms with Gasteiger partial charge in [0.15, 0.2) is 0 Å². The third-order valence-corrected chi connectivity index (χ3v) is 4.11. The van der Waals surface area contributed by atoms with E-state index in [0.29, 0.717) is 0 Å². The Hall–Kier alpha value is -2.73. The van der Waals surface area contributed by atoms with E-state index in [0.717, 1.165) is 11.1 Å². The molecule has 0 saturated carbocycles. The minimum Gasteiger partial charge on any atom is -0.445 e. The van der Waals surface area contributed by atoms with Gasteiger partial charge in [-0.3, -0.25) is 0 Å². The van der Waals surface area contributed by atoms with E-state index in [-0.39, 0.29) is 13.2 Å². The van der Waals surface area contributed by atoms with E-state index >= 15 is 0 Å². The largest absolute Gasteiger partial charge is 0.445 e. The molecule has 0 heterocycles. The lowest BCUT2D eigenvalue weighted by atomic mass is 9.94. The molecule has 24 heavy (non-hydrogen) atoms. The fourth-order valence-corrected chi connectivity index (χ4v) is 2.43. The van der Waals surface area contributed by atoms with Crippen LogP contribution in [-0.2, 0) is 11.3 Å². The molecule has 3 heteroatoms. The molecule has 3 nitrogen and oxygen atoms in total. The van der Waals surface area contributed by atoms with E-state index in [1.165, 1.54) is 22.3 Å². The maximum atomic E-state index is 11.7. The van der Waals surface area contributed by atoms with Crippen LogP contribution in [0.1, 0.15) is 33.4 Å². The second-order valence-electron chi connectivity index (χ2n) is 5.85. The predicted molar refractivity (Wildman–Crippen MR) is 96.9 cm³/mol. The van der Waals surface area contributed by atoms with Gasteiger partial charge in [-0.25, -0.2) is 4.79 Å². The summed E-state index contributed by atoms with van der Waals surface area (Å²) in [6, 6.07) is 11.8. The number of ether oxygens (including phenoxy) is 1. The number of benzene rings is 2. The predicted octanol–water partition coefficient (Wildman–Crippen LogP) is 4.20. The first-order valence-corrected chi connectivity index (χ1v) is 8.00. The molecule has 0 fully saturated rings. The number of hydrogen-bond acceptors (Lipinski definition) is 2. The molecule has 0 saturated heterocycles. The van der Waals surface area contributed by atoms with Crippen LogP contribution in [-0.4, -0.2) is 12.6 Å². The first kappa shape index (κ1) is 17.6. The lowest BCUT2D eigenvalue weighted by Gasteiger charge is -2.10. The summed E-state index contributed by atoms with van der Waals surface area (Å²) in [7, 11) is 0. The maximum Gasteiger partial charge on any atom is 0.408 e. The summed E-state index contributed by atoms with van der Waals surface area (Å²) >= 11 is 0.